The van der Waals surface area contributed by atoms with Gasteiger partial charge in [0.05, 0.1) is 0 Å². The Balaban J connectivity index is 1.62. The van der Waals surface area contributed by atoms with Crippen LogP contribution < -0.4 is 10.6 Å². The maximum absolute atomic E-state index is 11.8. The molecule has 2 N–H and O–H groups in total. The quantitative estimate of drug-likeness (QED) is 0.771. The fourth-order valence-corrected chi connectivity index (χ4v) is 2.25. The number of hydrogen-bond donors (Lipinski definition) is 2. The van der Waals surface area contributed by atoms with Gasteiger partial charge in [-0.05, 0) is 25.0 Å². The van der Waals surface area contributed by atoms with E-state index in [0.29, 0.717) is 19.5 Å². The lowest BCUT2D eigenvalue weighted by Gasteiger charge is -2.07. The van der Waals surface area contributed by atoms with Crippen LogP contribution in [-0.2, 0) is 17.9 Å². The molecule has 0 spiro atoms. The number of aryl methyl sites for hydroxylation is 2. The second-order valence-electron chi connectivity index (χ2n) is 5.68. The van der Waals surface area contributed by atoms with Gasteiger partial charge in [0, 0.05) is 26.1 Å². The largest absolute Gasteiger partial charge is 0.352 e. The summed E-state index contributed by atoms with van der Waals surface area (Å²) >= 11 is 0. The zero-order valence-electron chi connectivity index (χ0n) is 13.4. The molecule has 0 atom stereocenters. The van der Waals surface area contributed by atoms with Gasteiger partial charge in [-0.25, -0.2) is 0 Å². The minimum absolute atomic E-state index is 0.0808. The van der Waals surface area contributed by atoms with Crippen LogP contribution in [0, 0.1) is 13.8 Å². The van der Waals surface area contributed by atoms with Crippen molar-refractivity contribution in [1.29, 1.82) is 0 Å². The first-order valence-corrected chi connectivity index (χ1v) is 7.72. The highest BCUT2D eigenvalue weighted by Crippen LogP contribution is 2.04. The molecule has 2 aromatic rings. The van der Waals surface area contributed by atoms with Crippen LogP contribution in [0.15, 0.2) is 48.5 Å². The smallest absolute Gasteiger partial charge is 0.221 e. The molecule has 2 rings (SSSR count). The Labute approximate surface area is 132 Å². The van der Waals surface area contributed by atoms with Crippen LogP contribution in [0.25, 0.3) is 0 Å². The topological polar surface area (TPSA) is 41.1 Å². The fraction of sp³-hybridized carbons (Fsp3) is 0.316. The van der Waals surface area contributed by atoms with Crippen LogP contribution in [-0.4, -0.2) is 12.5 Å². The maximum atomic E-state index is 11.8. The molecule has 0 heterocycles. The third-order valence-electron chi connectivity index (χ3n) is 3.55. The Morgan fingerprint density at radius 2 is 1.68 bits per heavy atom. The van der Waals surface area contributed by atoms with E-state index in [1.54, 1.807) is 0 Å². The van der Waals surface area contributed by atoms with Crippen molar-refractivity contribution in [2.45, 2.75) is 33.4 Å². The van der Waals surface area contributed by atoms with Crippen molar-refractivity contribution in [2.75, 3.05) is 6.54 Å². The molecule has 0 bridgehead atoms. The molecule has 2 aromatic carbocycles. The highest BCUT2D eigenvalue weighted by molar-refractivity contribution is 5.76. The van der Waals surface area contributed by atoms with E-state index in [-0.39, 0.29) is 5.91 Å². The molecular weight excluding hydrogens is 272 g/mol. The average molecular weight is 296 g/mol. The van der Waals surface area contributed by atoms with Crippen LogP contribution in [0.3, 0.4) is 0 Å². The monoisotopic (exact) mass is 296 g/mol. The molecule has 3 heteroatoms. The number of carbonyl (C=O) groups excluding carboxylic acids is 1. The molecule has 0 radical (unpaired) electrons. The SMILES string of the molecule is Cc1ccc(CNC(=O)CCNCc2cccc(C)c2)cc1. The summed E-state index contributed by atoms with van der Waals surface area (Å²) in [5.74, 6) is 0.0808. The molecular formula is C19H24N2O. The lowest BCUT2D eigenvalue weighted by Crippen LogP contribution is -2.27. The zero-order valence-corrected chi connectivity index (χ0v) is 13.4. The molecule has 0 aliphatic carbocycles. The number of hydrogen-bond acceptors (Lipinski definition) is 2. The van der Waals surface area contributed by atoms with Gasteiger partial charge in [-0.2, -0.15) is 0 Å². The van der Waals surface area contributed by atoms with E-state index in [1.807, 2.05) is 12.1 Å². The van der Waals surface area contributed by atoms with Gasteiger partial charge >= 0.3 is 0 Å². The Kier molecular flexibility index (Phi) is 6.16. The van der Waals surface area contributed by atoms with E-state index in [0.717, 1.165) is 12.1 Å². The molecule has 3 nitrogen and oxygen atoms in total. The van der Waals surface area contributed by atoms with E-state index >= 15 is 0 Å². The normalized spacial score (nSPS) is 10.5. The average Bonchev–Trinajstić information content (AvgIpc) is 2.51. The lowest BCUT2D eigenvalue weighted by atomic mass is 10.1. The van der Waals surface area contributed by atoms with E-state index in [9.17, 15) is 4.79 Å². The van der Waals surface area contributed by atoms with Crippen molar-refractivity contribution >= 4 is 5.91 Å². The van der Waals surface area contributed by atoms with Gasteiger partial charge in [0.2, 0.25) is 5.91 Å². The molecule has 22 heavy (non-hydrogen) atoms. The molecule has 0 aliphatic heterocycles. The summed E-state index contributed by atoms with van der Waals surface area (Å²) in [6.45, 7) is 6.22. The molecule has 0 saturated carbocycles. The molecule has 0 saturated heterocycles. The van der Waals surface area contributed by atoms with Crippen molar-refractivity contribution in [2.24, 2.45) is 0 Å². The Bertz CT molecular complexity index is 605. The van der Waals surface area contributed by atoms with Crippen molar-refractivity contribution < 1.29 is 4.79 Å². The number of amides is 1. The lowest BCUT2D eigenvalue weighted by molar-refractivity contribution is -0.121. The number of rotatable bonds is 7. The van der Waals surface area contributed by atoms with Crippen molar-refractivity contribution in [3.8, 4) is 0 Å². The molecule has 116 valence electrons. The number of nitrogens with one attached hydrogen (secondary N) is 2. The van der Waals surface area contributed by atoms with E-state index in [2.05, 4.69) is 60.9 Å². The maximum Gasteiger partial charge on any atom is 0.221 e. The van der Waals surface area contributed by atoms with Crippen LogP contribution in [0.5, 0.6) is 0 Å². The van der Waals surface area contributed by atoms with E-state index < -0.39 is 0 Å². The van der Waals surface area contributed by atoms with Gasteiger partial charge in [0.15, 0.2) is 0 Å². The third kappa shape index (κ3) is 5.70. The highest BCUT2D eigenvalue weighted by Gasteiger charge is 2.01. The van der Waals surface area contributed by atoms with Gasteiger partial charge < -0.3 is 10.6 Å². The summed E-state index contributed by atoms with van der Waals surface area (Å²) in [6.07, 6.45) is 0.498. The van der Waals surface area contributed by atoms with Crippen molar-refractivity contribution in [3.05, 3.63) is 70.8 Å². The second-order valence-corrected chi connectivity index (χ2v) is 5.68. The highest BCUT2D eigenvalue weighted by atomic mass is 16.1. The van der Waals surface area contributed by atoms with Crippen LogP contribution in [0.2, 0.25) is 0 Å². The van der Waals surface area contributed by atoms with Crippen LogP contribution in [0.4, 0.5) is 0 Å². The number of carbonyl (C=O) groups is 1. The summed E-state index contributed by atoms with van der Waals surface area (Å²) in [5, 5.41) is 6.25. The Morgan fingerprint density at radius 1 is 0.909 bits per heavy atom. The molecule has 1 amide bonds. The predicted octanol–water partition coefficient (Wildman–Crippen LogP) is 3.10. The second kappa shape index (κ2) is 8.35. The fourth-order valence-electron chi connectivity index (χ4n) is 2.25. The Morgan fingerprint density at radius 3 is 2.41 bits per heavy atom. The summed E-state index contributed by atoms with van der Waals surface area (Å²) in [5.41, 5.74) is 4.87. The first-order valence-electron chi connectivity index (χ1n) is 7.72. The molecule has 0 aromatic heterocycles. The molecule has 0 aliphatic rings. The van der Waals surface area contributed by atoms with Gasteiger partial charge in [-0.3, -0.25) is 4.79 Å². The number of benzene rings is 2. The minimum atomic E-state index is 0.0808. The zero-order chi connectivity index (χ0) is 15.8. The minimum Gasteiger partial charge on any atom is -0.352 e. The summed E-state index contributed by atoms with van der Waals surface area (Å²) in [7, 11) is 0. The summed E-state index contributed by atoms with van der Waals surface area (Å²) in [6, 6.07) is 16.6. The van der Waals surface area contributed by atoms with E-state index in [4.69, 9.17) is 0 Å². The van der Waals surface area contributed by atoms with Gasteiger partial charge in [0.25, 0.3) is 0 Å². The first kappa shape index (κ1) is 16.2. The predicted molar refractivity (Wildman–Crippen MR) is 90.5 cm³/mol. The van der Waals surface area contributed by atoms with E-state index in [1.165, 1.54) is 16.7 Å². The van der Waals surface area contributed by atoms with Gasteiger partial charge in [-0.1, -0.05) is 59.7 Å². The molecule has 0 fully saturated rings. The first-order chi connectivity index (χ1) is 10.6. The van der Waals surface area contributed by atoms with Crippen molar-refractivity contribution in [1.82, 2.24) is 10.6 Å². The Hall–Kier alpha value is -2.13. The van der Waals surface area contributed by atoms with Gasteiger partial charge in [0.1, 0.15) is 0 Å². The van der Waals surface area contributed by atoms with Crippen LogP contribution >= 0.6 is 0 Å². The standard InChI is InChI=1S/C19H24N2O/c1-15-6-8-17(9-7-15)14-21-19(22)10-11-20-13-18-5-3-4-16(2)12-18/h3-9,12,20H,10-11,13-14H2,1-2H3,(H,21,22). The van der Waals surface area contributed by atoms with Crippen LogP contribution in [0.1, 0.15) is 28.7 Å². The summed E-state index contributed by atoms with van der Waals surface area (Å²) < 4.78 is 0. The van der Waals surface area contributed by atoms with Gasteiger partial charge in [-0.15, -0.1) is 0 Å². The molecule has 0 unspecified atom stereocenters. The van der Waals surface area contributed by atoms with Crippen molar-refractivity contribution in [3.63, 3.8) is 0 Å². The summed E-state index contributed by atoms with van der Waals surface area (Å²) in [4.78, 5) is 11.8. The third-order valence-corrected chi connectivity index (χ3v) is 3.55.